The molecule has 0 bridgehead atoms. The number of piperidine rings is 1. The van der Waals surface area contributed by atoms with Crippen LogP contribution in [-0.4, -0.2) is 39.2 Å². The highest BCUT2D eigenvalue weighted by molar-refractivity contribution is 7.71. The second-order valence-electron chi connectivity index (χ2n) is 4.48. The number of aliphatic hydroxyl groups is 1. The molecule has 5 heteroatoms. The number of rotatable bonds is 3. The number of nitrogens with zero attached hydrogens (tertiary/aromatic N) is 2. The minimum atomic E-state index is 0.0452. The second-order valence-corrected chi connectivity index (χ2v) is 4.87. The number of H-pyrrole nitrogens is 1. The molecule has 16 heavy (non-hydrogen) atoms. The number of hydrogen-bond acceptors (Lipinski definition) is 3. The number of likely N-dealkylation sites (tertiary alicyclic amines) is 1. The van der Waals surface area contributed by atoms with Crippen LogP contribution in [0.1, 0.15) is 25.0 Å². The standard InChI is InChI=1S/C11H19N3OS/c1-13-5-3-2-4-9(13)7-14-10(8-15)6-12-11(14)16/h6,9,15H,2-5,7-8H2,1H3,(H,12,16). The monoisotopic (exact) mass is 241 g/mol. The van der Waals surface area contributed by atoms with E-state index in [1.54, 1.807) is 6.20 Å². The number of aliphatic hydroxyl groups excluding tert-OH is 1. The van der Waals surface area contributed by atoms with Gasteiger partial charge in [0, 0.05) is 18.8 Å². The fraction of sp³-hybridized carbons (Fsp3) is 0.727. The Morgan fingerprint density at radius 1 is 1.56 bits per heavy atom. The lowest BCUT2D eigenvalue weighted by atomic mass is 10.0. The van der Waals surface area contributed by atoms with Crippen LogP contribution in [0.2, 0.25) is 0 Å². The van der Waals surface area contributed by atoms with Gasteiger partial charge in [0.05, 0.1) is 12.3 Å². The number of imidazole rings is 1. The van der Waals surface area contributed by atoms with Crippen LogP contribution in [0.5, 0.6) is 0 Å². The van der Waals surface area contributed by atoms with Crippen LogP contribution in [0.15, 0.2) is 6.20 Å². The van der Waals surface area contributed by atoms with Gasteiger partial charge >= 0.3 is 0 Å². The van der Waals surface area contributed by atoms with Gasteiger partial charge in [0.15, 0.2) is 4.77 Å². The maximum atomic E-state index is 9.23. The minimum absolute atomic E-state index is 0.0452. The molecule has 0 saturated carbocycles. The van der Waals surface area contributed by atoms with Crippen molar-refractivity contribution >= 4 is 12.2 Å². The summed E-state index contributed by atoms with van der Waals surface area (Å²) in [6, 6.07) is 0.543. The Labute approximate surface area is 101 Å². The van der Waals surface area contributed by atoms with E-state index < -0.39 is 0 Å². The van der Waals surface area contributed by atoms with Crippen molar-refractivity contribution < 1.29 is 5.11 Å². The lowest BCUT2D eigenvalue weighted by molar-refractivity contribution is 0.163. The van der Waals surface area contributed by atoms with Crippen LogP contribution in [0.25, 0.3) is 0 Å². The van der Waals surface area contributed by atoms with Crippen LogP contribution < -0.4 is 0 Å². The first-order valence-corrected chi connectivity index (χ1v) is 6.21. The summed E-state index contributed by atoms with van der Waals surface area (Å²) in [6.07, 6.45) is 5.60. The topological polar surface area (TPSA) is 44.2 Å². The van der Waals surface area contributed by atoms with Gasteiger partial charge in [-0.15, -0.1) is 0 Å². The maximum absolute atomic E-state index is 9.23. The van der Waals surface area contributed by atoms with Crippen molar-refractivity contribution in [3.05, 3.63) is 16.7 Å². The number of aromatic nitrogens is 2. The molecule has 4 nitrogen and oxygen atoms in total. The number of hydrogen-bond donors (Lipinski definition) is 2. The van der Waals surface area contributed by atoms with Gasteiger partial charge in [-0.3, -0.25) is 0 Å². The zero-order valence-corrected chi connectivity index (χ0v) is 10.5. The maximum Gasteiger partial charge on any atom is 0.177 e. The molecule has 90 valence electrons. The average Bonchev–Trinajstić information content (AvgIpc) is 2.63. The quantitative estimate of drug-likeness (QED) is 0.789. The smallest absolute Gasteiger partial charge is 0.177 e. The molecule has 0 amide bonds. The molecule has 1 saturated heterocycles. The van der Waals surface area contributed by atoms with E-state index in [4.69, 9.17) is 12.2 Å². The van der Waals surface area contributed by atoms with E-state index in [0.717, 1.165) is 18.8 Å². The van der Waals surface area contributed by atoms with Gasteiger partial charge in [0.2, 0.25) is 0 Å². The molecular formula is C11H19N3OS. The first-order valence-electron chi connectivity index (χ1n) is 5.80. The summed E-state index contributed by atoms with van der Waals surface area (Å²) < 4.78 is 2.73. The van der Waals surface area contributed by atoms with Gasteiger partial charge in [-0.2, -0.15) is 0 Å². The van der Waals surface area contributed by atoms with E-state index in [1.807, 2.05) is 4.57 Å². The molecule has 1 unspecified atom stereocenters. The van der Waals surface area contributed by atoms with Gasteiger partial charge in [-0.05, 0) is 38.7 Å². The molecule has 1 aromatic rings. The van der Waals surface area contributed by atoms with Crippen LogP contribution in [0, 0.1) is 4.77 Å². The molecule has 2 heterocycles. The first-order chi connectivity index (χ1) is 7.72. The molecule has 1 aliphatic heterocycles. The third kappa shape index (κ3) is 2.36. The Morgan fingerprint density at radius 3 is 3.06 bits per heavy atom. The van der Waals surface area contributed by atoms with Gasteiger partial charge in [0.25, 0.3) is 0 Å². The summed E-state index contributed by atoms with van der Waals surface area (Å²) in [6.45, 7) is 2.09. The van der Waals surface area contributed by atoms with Crippen molar-refractivity contribution in [3.63, 3.8) is 0 Å². The third-order valence-corrected chi connectivity index (χ3v) is 3.77. The minimum Gasteiger partial charge on any atom is -0.390 e. The van der Waals surface area contributed by atoms with E-state index >= 15 is 0 Å². The third-order valence-electron chi connectivity index (χ3n) is 3.43. The Kier molecular flexibility index (Phi) is 3.78. The van der Waals surface area contributed by atoms with Gasteiger partial charge < -0.3 is 19.6 Å². The van der Waals surface area contributed by atoms with E-state index in [9.17, 15) is 5.11 Å². The SMILES string of the molecule is CN1CCCCC1Cn1c(CO)c[nH]c1=S. The molecule has 0 aliphatic carbocycles. The first kappa shape index (κ1) is 11.8. The Balaban J connectivity index is 2.13. The van der Waals surface area contributed by atoms with Crippen molar-refractivity contribution in [2.75, 3.05) is 13.6 Å². The molecule has 0 aromatic carbocycles. The summed E-state index contributed by atoms with van der Waals surface area (Å²) in [5.41, 5.74) is 0.879. The second kappa shape index (κ2) is 5.12. The van der Waals surface area contributed by atoms with Crippen molar-refractivity contribution in [2.24, 2.45) is 0 Å². The number of likely N-dealkylation sites (N-methyl/N-ethyl adjacent to an activating group) is 1. The summed E-state index contributed by atoms with van der Waals surface area (Å²) in [5, 5.41) is 9.23. The highest BCUT2D eigenvalue weighted by Gasteiger charge is 2.20. The summed E-state index contributed by atoms with van der Waals surface area (Å²) >= 11 is 5.22. The average molecular weight is 241 g/mol. The van der Waals surface area contributed by atoms with Gasteiger partial charge in [-0.25, -0.2) is 0 Å². The van der Waals surface area contributed by atoms with Crippen LogP contribution in [0.3, 0.4) is 0 Å². The Morgan fingerprint density at radius 2 is 2.38 bits per heavy atom. The number of aromatic amines is 1. The molecule has 2 rings (SSSR count). The predicted molar refractivity (Wildman–Crippen MR) is 65.8 cm³/mol. The number of nitrogens with one attached hydrogen (secondary N) is 1. The summed E-state index contributed by atoms with van der Waals surface area (Å²) in [5.74, 6) is 0. The Hall–Kier alpha value is -0.650. The molecule has 1 aliphatic rings. The van der Waals surface area contributed by atoms with Gasteiger partial charge in [-0.1, -0.05) is 6.42 Å². The molecule has 1 fully saturated rings. The van der Waals surface area contributed by atoms with Crippen LogP contribution >= 0.6 is 12.2 Å². The molecular weight excluding hydrogens is 222 g/mol. The molecule has 2 N–H and O–H groups in total. The Bertz CT molecular complexity index is 398. The van der Waals surface area contributed by atoms with E-state index in [2.05, 4.69) is 16.9 Å². The highest BCUT2D eigenvalue weighted by atomic mass is 32.1. The van der Waals surface area contributed by atoms with Crippen molar-refractivity contribution in [1.82, 2.24) is 14.5 Å². The zero-order chi connectivity index (χ0) is 11.5. The van der Waals surface area contributed by atoms with E-state index in [0.29, 0.717) is 10.8 Å². The zero-order valence-electron chi connectivity index (χ0n) is 9.65. The van der Waals surface area contributed by atoms with E-state index in [-0.39, 0.29) is 6.61 Å². The predicted octanol–water partition coefficient (Wildman–Crippen LogP) is 1.52. The fourth-order valence-corrected chi connectivity index (χ4v) is 2.60. The molecule has 1 atom stereocenters. The molecule has 1 aromatic heterocycles. The van der Waals surface area contributed by atoms with Crippen molar-refractivity contribution in [2.45, 2.75) is 38.5 Å². The summed E-state index contributed by atoms with van der Waals surface area (Å²) in [7, 11) is 2.17. The van der Waals surface area contributed by atoms with Crippen LogP contribution in [-0.2, 0) is 13.2 Å². The van der Waals surface area contributed by atoms with Gasteiger partial charge in [0.1, 0.15) is 0 Å². The lowest BCUT2D eigenvalue weighted by Gasteiger charge is -2.32. The van der Waals surface area contributed by atoms with Crippen molar-refractivity contribution in [3.8, 4) is 0 Å². The lowest BCUT2D eigenvalue weighted by Crippen LogP contribution is -2.39. The van der Waals surface area contributed by atoms with Crippen LogP contribution in [0.4, 0.5) is 0 Å². The normalized spacial score (nSPS) is 22.5. The summed E-state index contributed by atoms with van der Waals surface area (Å²) in [4.78, 5) is 5.38. The fourth-order valence-electron chi connectivity index (χ4n) is 2.35. The molecule has 0 radical (unpaired) electrons. The molecule has 0 spiro atoms. The van der Waals surface area contributed by atoms with Crippen molar-refractivity contribution in [1.29, 1.82) is 0 Å². The largest absolute Gasteiger partial charge is 0.390 e. The van der Waals surface area contributed by atoms with E-state index in [1.165, 1.54) is 19.3 Å². The highest BCUT2D eigenvalue weighted by Crippen LogP contribution is 2.17.